The minimum absolute atomic E-state index is 0.0831. The van der Waals surface area contributed by atoms with Crippen molar-refractivity contribution in [1.82, 2.24) is 10.2 Å². The molecular weight excluding hydrogens is 404 g/mol. The van der Waals surface area contributed by atoms with Gasteiger partial charge < -0.3 is 10.6 Å². The molecule has 1 aromatic heterocycles. The lowest BCUT2D eigenvalue weighted by molar-refractivity contribution is -0.121. The second-order valence-corrected chi connectivity index (χ2v) is 8.57. The summed E-state index contributed by atoms with van der Waals surface area (Å²) in [4.78, 5) is 24.0. The lowest BCUT2D eigenvalue weighted by atomic mass is 9.98. The van der Waals surface area contributed by atoms with E-state index in [4.69, 9.17) is 0 Å². The number of nitrogens with one attached hydrogen (secondary N) is 2. The fraction of sp³-hybridized carbons (Fsp3) is 0.412. The standard InChI is InChI=1S/C17H21BrN4O2S/c1-10-5-6-12(11(18)9-10)19-13(23)7-8-14(24)20-16-22-21-15(25-16)17(2,3)4/h5-6,9H,7-8H2,1-4H3,(H,19,23)(H,20,22,24). The lowest BCUT2D eigenvalue weighted by Crippen LogP contribution is -2.17. The monoisotopic (exact) mass is 424 g/mol. The Kier molecular flexibility index (Phi) is 6.29. The van der Waals surface area contributed by atoms with Crippen LogP contribution in [0.25, 0.3) is 0 Å². The van der Waals surface area contributed by atoms with Crippen LogP contribution in [0.5, 0.6) is 0 Å². The maximum Gasteiger partial charge on any atom is 0.226 e. The summed E-state index contributed by atoms with van der Waals surface area (Å²) in [5.74, 6) is -0.470. The lowest BCUT2D eigenvalue weighted by Gasteiger charge is -2.12. The van der Waals surface area contributed by atoms with E-state index in [9.17, 15) is 9.59 Å². The summed E-state index contributed by atoms with van der Waals surface area (Å²) in [6.45, 7) is 8.07. The van der Waals surface area contributed by atoms with Crippen molar-refractivity contribution in [2.24, 2.45) is 0 Å². The van der Waals surface area contributed by atoms with E-state index in [1.165, 1.54) is 11.3 Å². The SMILES string of the molecule is Cc1ccc(NC(=O)CCC(=O)Nc2nnc(C(C)(C)C)s2)c(Br)c1. The third kappa shape index (κ3) is 5.89. The number of halogens is 1. The molecule has 25 heavy (non-hydrogen) atoms. The minimum atomic E-state index is -0.255. The highest BCUT2D eigenvalue weighted by atomic mass is 79.9. The van der Waals surface area contributed by atoms with Gasteiger partial charge >= 0.3 is 0 Å². The molecule has 1 aromatic carbocycles. The van der Waals surface area contributed by atoms with E-state index in [2.05, 4.69) is 36.8 Å². The quantitative estimate of drug-likeness (QED) is 0.750. The number of amides is 2. The molecule has 1 heterocycles. The number of aromatic nitrogens is 2. The molecule has 2 aromatic rings. The van der Waals surface area contributed by atoms with Gasteiger partial charge in [-0.05, 0) is 40.5 Å². The highest BCUT2D eigenvalue weighted by Gasteiger charge is 2.20. The molecule has 0 saturated carbocycles. The van der Waals surface area contributed by atoms with Gasteiger partial charge in [0.05, 0.1) is 5.69 Å². The molecule has 2 amide bonds. The normalized spacial score (nSPS) is 11.2. The molecule has 0 fully saturated rings. The molecule has 0 saturated heterocycles. The summed E-state index contributed by atoms with van der Waals surface area (Å²) < 4.78 is 0.814. The smallest absolute Gasteiger partial charge is 0.226 e. The Morgan fingerprint density at radius 1 is 1.12 bits per heavy atom. The van der Waals surface area contributed by atoms with Crippen LogP contribution >= 0.6 is 27.3 Å². The van der Waals surface area contributed by atoms with Crippen LogP contribution in [-0.2, 0) is 15.0 Å². The second kappa shape index (κ2) is 8.05. The highest BCUT2D eigenvalue weighted by Crippen LogP contribution is 2.27. The van der Waals surface area contributed by atoms with Crippen molar-refractivity contribution < 1.29 is 9.59 Å². The molecule has 2 rings (SSSR count). The molecule has 2 N–H and O–H groups in total. The molecule has 0 bridgehead atoms. The minimum Gasteiger partial charge on any atom is -0.325 e. The summed E-state index contributed by atoms with van der Waals surface area (Å²) in [7, 11) is 0. The third-order valence-corrected chi connectivity index (χ3v) is 5.21. The van der Waals surface area contributed by atoms with Gasteiger partial charge in [-0.3, -0.25) is 9.59 Å². The maximum atomic E-state index is 12.0. The van der Waals surface area contributed by atoms with Crippen molar-refractivity contribution >= 4 is 49.9 Å². The number of hydrogen-bond donors (Lipinski definition) is 2. The molecule has 0 radical (unpaired) electrons. The van der Waals surface area contributed by atoms with Gasteiger partial charge in [-0.15, -0.1) is 10.2 Å². The second-order valence-electron chi connectivity index (χ2n) is 6.74. The zero-order valence-corrected chi connectivity index (χ0v) is 17.0. The van der Waals surface area contributed by atoms with Gasteiger partial charge in [-0.1, -0.05) is 38.2 Å². The van der Waals surface area contributed by atoms with E-state index in [0.29, 0.717) is 10.8 Å². The number of nitrogens with zero attached hydrogens (tertiary/aromatic N) is 2. The highest BCUT2D eigenvalue weighted by molar-refractivity contribution is 9.10. The Morgan fingerprint density at radius 2 is 1.76 bits per heavy atom. The Morgan fingerprint density at radius 3 is 2.32 bits per heavy atom. The fourth-order valence-corrected chi connectivity index (χ4v) is 3.33. The fourth-order valence-electron chi connectivity index (χ4n) is 1.92. The Balaban J connectivity index is 1.83. The van der Waals surface area contributed by atoms with Crippen LogP contribution in [0.1, 0.15) is 44.2 Å². The number of anilines is 2. The molecular formula is C17H21BrN4O2S. The summed E-state index contributed by atoms with van der Waals surface area (Å²) in [5, 5.41) is 14.8. The number of aryl methyl sites for hydroxylation is 1. The molecule has 0 atom stereocenters. The van der Waals surface area contributed by atoms with Crippen molar-refractivity contribution in [3.63, 3.8) is 0 Å². The molecule has 0 aliphatic carbocycles. The van der Waals surface area contributed by atoms with E-state index < -0.39 is 0 Å². The largest absolute Gasteiger partial charge is 0.325 e. The predicted octanol–water partition coefficient (Wildman–Crippen LogP) is 4.26. The number of benzene rings is 1. The van der Waals surface area contributed by atoms with Crippen LogP contribution in [0.2, 0.25) is 0 Å². The van der Waals surface area contributed by atoms with E-state index in [1.807, 2.05) is 45.9 Å². The van der Waals surface area contributed by atoms with Crippen LogP contribution in [-0.4, -0.2) is 22.0 Å². The van der Waals surface area contributed by atoms with E-state index in [-0.39, 0.29) is 30.1 Å². The first-order valence-electron chi connectivity index (χ1n) is 7.85. The van der Waals surface area contributed by atoms with Gasteiger partial charge in [0, 0.05) is 22.7 Å². The average Bonchev–Trinajstić information content (AvgIpc) is 2.97. The van der Waals surface area contributed by atoms with Gasteiger partial charge in [0.2, 0.25) is 16.9 Å². The van der Waals surface area contributed by atoms with Crippen LogP contribution in [0.3, 0.4) is 0 Å². The van der Waals surface area contributed by atoms with Crippen LogP contribution in [0.4, 0.5) is 10.8 Å². The molecule has 8 heteroatoms. The number of carbonyl (C=O) groups is 2. The summed E-state index contributed by atoms with van der Waals surface area (Å²) in [5.41, 5.74) is 1.67. The maximum absolute atomic E-state index is 12.0. The first kappa shape index (κ1) is 19.5. The van der Waals surface area contributed by atoms with E-state index in [0.717, 1.165) is 15.0 Å². The topological polar surface area (TPSA) is 84.0 Å². The van der Waals surface area contributed by atoms with Crippen molar-refractivity contribution in [2.45, 2.75) is 46.0 Å². The summed E-state index contributed by atoms with van der Waals surface area (Å²) >= 11 is 4.76. The molecule has 0 spiro atoms. The van der Waals surface area contributed by atoms with Crippen molar-refractivity contribution in [3.8, 4) is 0 Å². The average molecular weight is 425 g/mol. The zero-order valence-electron chi connectivity index (χ0n) is 14.6. The first-order valence-corrected chi connectivity index (χ1v) is 9.46. The molecule has 6 nitrogen and oxygen atoms in total. The third-order valence-electron chi connectivity index (χ3n) is 3.29. The molecule has 134 valence electrons. The number of hydrogen-bond acceptors (Lipinski definition) is 5. The Labute approximate surface area is 159 Å². The summed E-state index contributed by atoms with van der Waals surface area (Å²) in [6, 6.07) is 5.66. The van der Waals surface area contributed by atoms with Crippen LogP contribution in [0, 0.1) is 6.92 Å². The van der Waals surface area contributed by atoms with Crippen molar-refractivity contribution in [1.29, 1.82) is 0 Å². The van der Waals surface area contributed by atoms with Crippen LogP contribution in [0.15, 0.2) is 22.7 Å². The first-order chi connectivity index (χ1) is 11.6. The van der Waals surface area contributed by atoms with E-state index >= 15 is 0 Å². The molecule has 0 unspecified atom stereocenters. The Hall–Kier alpha value is -1.80. The van der Waals surface area contributed by atoms with Crippen LogP contribution < -0.4 is 10.6 Å². The molecule has 0 aliphatic heterocycles. The Bertz CT molecular complexity index is 783. The predicted molar refractivity (Wildman–Crippen MR) is 104 cm³/mol. The van der Waals surface area contributed by atoms with Crippen molar-refractivity contribution in [3.05, 3.63) is 33.2 Å². The summed E-state index contributed by atoms with van der Waals surface area (Å²) in [6.07, 6.45) is 0.177. The van der Waals surface area contributed by atoms with Gasteiger partial charge in [-0.2, -0.15) is 0 Å². The van der Waals surface area contributed by atoms with Gasteiger partial charge in [0.1, 0.15) is 5.01 Å². The number of carbonyl (C=O) groups excluding carboxylic acids is 2. The van der Waals surface area contributed by atoms with Crippen molar-refractivity contribution in [2.75, 3.05) is 10.6 Å². The van der Waals surface area contributed by atoms with Gasteiger partial charge in [-0.25, -0.2) is 0 Å². The molecule has 0 aliphatic rings. The zero-order chi connectivity index (χ0) is 18.6. The van der Waals surface area contributed by atoms with E-state index in [1.54, 1.807) is 0 Å². The van der Waals surface area contributed by atoms with Gasteiger partial charge in [0.15, 0.2) is 0 Å². The number of rotatable bonds is 5. The van der Waals surface area contributed by atoms with Gasteiger partial charge in [0.25, 0.3) is 0 Å².